The van der Waals surface area contributed by atoms with Gasteiger partial charge in [0.15, 0.2) is 5.17 Å². The molecule has 3 atom stereocenters. The molecule has 1 aliphatic carbocycles. The third kappa shape index (κ3) is 2.59. The second-order valence-electron chi connectivity index (χ2n) is 5.55. The first kappa shape index (κ1) is 17.2. The van der Waals surface area contributed by atoms with Crippen LogP contribution in [0.3, 0.4) is 0 Å². The number of esters is 2. The Balaban J connectivity index is 2.07. The minimum absolute atomic E-state index is 0.193. The molecule has 0 amide bonds. The fraction of sp³-hybridized carbons (Fsp3) is 0.400. The Hall–Kier alpha value is -1.61. The van der Waals surface area contributed by atoms with Crippen molar-refractivity contribution in [1.29, 1.82) is 0 Å². The number of hydrogen-bond donors (Lipinski definition) is 1. The van der Waals surface area contributed by atoms with Crippen LogP contribution in [0.1, 0.15) is 28.4 Å². The van der Waals surface area contributed by atoms with Gasteiger partial charge in [0.2, 0.25) is 0 Å². The molecule has 6 nitrogen and oxygen atoms in total. The van der Waals surface area contributed by atoms with Crippen LogP contribution in [0.15, 0.2) is 21.6 Å². The Morgan fingerprint density at radius 2 is 2.12 bits per heavy atom. The summed E-state index contributed by atoms with van der Waals surface area (Å²) < 4.78 is 24.0. The Morgan fingerprint density at radius 3 is 2.75 bits per heavy atom. The van der Waals surface area contributed by atoms with Crippen molar-refractivity contribution in [3.63, 3.8) is 0 Å². The smallest absolute Gasteiger partial charge is 0.340 e. The highest BCUT2D eigenvalue weighted by molar-refractivity contribution is 9.10. The normalized spacial score (nSPS) is 27.8. The van der Waals surface area contributed by atoms with Crippen molar-refractivity contribution in [3.05, 3.63) is 33.5 Å². The largest absolute Gasteiger partial charge is 0.468 e. The van der Waals surface area contributed by atoms with Gasteiger partial charge in [-0.2, -0.15) is 0 Å². The van der Waals surface area contributed by atoms with Crippen LogP contribution < -0.4 is 5.73 Å². The van der Waals surface area contributed by atoms with Crippen LogP contribution in [0.25, 0.3) is 0 Å². The van der Waals surface area contributed by atoms with Crippen LogP contribution in [0.4, 0.5) is 4.39 Å². The third-order valence-corrected chi connectivity index (χ3v) is 5.99. The predicted octanol–water partition coefficient (Wildman–Crippen LogP) is 2.41. The summed E-state index contributed by atoms with van der Waals surface area (Å²) in [5.74, 6) is -2.14. The predicted molar refractivity (Wildman–Crippen MR) is 90.2 cm³/mol. The summed E-state index contributed by atoms with van der Waals surface area (Å²) in [7, 11) is 2.48. The molecule has 0 aromatic heterocycles. The van der Waals surface area contributed by atoms with E-state index in [-0.39, 0.29) is 22.2 Å². The number of benzene rings is 1. The van der Waals surface area contributed by atoms with Gasteiger partial charge in [0.05, 0.1) is 25.8 Å². The van der Waals surface area contributed by atoms with Crippen molar-refractivity contribution in [2.75, 3.05) is 14.2 Å². The number of thioether (sulfide) groups is 1. The molecule has 2 N–H and O–H groups in total. The number of carbonyl (C=O) groups is 2. The number of nitrogens with zero attached hydrogens (tertiary/aromatic N) is 1. The van der Waals surface area contributed by atoms with Crippen LogP contribution in [0, 0.1) is 11.7 Å². The minimum atomic E-state index is -0.828. The second-order valence-corrected chi connectivity index (χ2v) is 7.82. The number of carbonyl (C=O) groups excluding carboxylic acids is 2. The first-order chi connectivity index (χ1) is 11.3. The molecule has 0 spiro atoms. The van der Waals surface area contributed by atoms with E-state index in [2.05, 4.69) is 25.7 Å². The molecule has 1 aromatic carbocycles. The van der Waals surface area contributed by atoms with Gasteiger partial charge in [-0.05, 0) is 18.6 Å². The standard InChI is InChI=1S/C15H14BrFN2O4S/c1-22-12(20)8-4-6(16)3-7(10(8)17)11-9-5-15(9,13(21)23-2)24-14(18)19-11/h3-4,9,11H,5H2,1-2H3,(H2,18,19)/t9-,11+,15-/m0/s1. The molecule has 128 valence electrons. The lowest BCUT2D eigenvalue weighted by molar-refractivity contribution is -0.141. The van der Waals surface area contributed by atoms with Crippen molar-refractivity contribution >= 4 is 44.8 Å². The summed E-state index contributed by atoms with van der Waals surface area (Å²) in [6, 6.07) is 2.22. The molecule has 1 aliphatic heterocycles. The maximum absolute atomic E-state index is 14.8. The molecule has 9 heteroatoms. The lowest BCUT2D eigenvalue weighted by atomic mass is 9.98. The molecule has 1 aromatic rings. The van der Waals surface area contributed by atoms with Crippen LogP contribution >= 0.6 is 27.7 Å². The SMILES string of the molecule is COC(=O)c1cc(Br)cc([C@H]2N=C(N)S[C@@]3(C(=O)OC)C[C@@H]23)c1F. The van der Waals surface area contributed by atoms with Crippen molar-refractivity contribution in [2.45, 2.75) is 17.2 Å². The Labute approximate surface area is 150 Å². The molecular formula is C15H14BrFN2O4S. The molecule has 24 heavy (non-hydrogen) atoms. The summed E-state index contributed by atoms with van der Waals surface area (Å²) in [4.78, 5) is 28.2. The van der Waals surface area contributed by atoms with Gasteiger partial charge in [-0.15, -0.1) is 0 Å². The summed E-state index contributed by atoms with van der Waals surface area (Å²) in [5, 5.41) is 0.193. The molecule has 3 rings (SSSR count). The first-order valence-corrected chi connectivity index (χ1v) is 8.63. The van der Waals surface area contributed by atoms with Crippen molar-refractivity contribution in [1.82, 2.24) is 0 Å². The number of aliphatic imine (C=N–C) groups is 1. The van der Waals surface area contributed by atoms with E-state index in [1.165, 1.54) is 20.3 Å². The van der Waals surface area contributed by atoms with Gasteiger partial charge >= 0.3 is 11.9 Å². The summed E-state index contributed by atoms with van der Waals surface area (Å²) in [6.07, 6.45) is 0.485. The molecule has 0 bridgehead atoms. The molecule has 0 saturated heterocycles. The molecule has 0 radical (unpaired) electrons. The molecule has 2 aliphatic rings. The number of nitrogens with two attached hydrogens (primary N) is 1. The van der Waals surface area contributed by atoms with Crippen molar-refractivity contribution in [3.8, 4) is 0 Å². The van der Waals surface area contributed by atoms with Gasteiger partial charge < -0.3 is 15.2 Å². The summed E-state index contributed by atoms with van der Waals surface area (Å²) >= 11 is 4.41. The van der Waals surface area contributed by atoms with E-state index >= 15 is 0 Å². The van der Waals surface area contributed by atoms with E-state index < -0.39 is 28.5 Å². The van der Waals surface area contributed by atoms with E-state index in [1.807, 2.05) is 0 Å². The van der Waals surface area contributed by atoms with E-state index in [4.69, 9.17) is 10.5 Å². The van der Waals surface area contributed by atoms with Gasteiger partial charge in [0.1, 0.15) is 10.6 Å². The number of ether oxygens (including phenoxy) is 2. The zero-order valence-corrected chi connectivity index (χ0v) is 15.2. The molecule has 1 fully saturated rings. The number of methoxy groups -OCH3 is 2. The number of fused-ring (bicyclic) bond motifs is 1. The van der Waals surface area contributed by atoms with Gasteiger partial charge in [0, 0.05) is 16.0 Å². The van der Waals surface area contributed by atoms with E-state index in [0.717, 1.165) is 11.8 Å². The minimum Gasteiger partial charge on any atom is -0.468 e. The number of halogens is 2. The lowest BCUT2D eigenvalue weighted by Crippen LogP contribution is -2.32. The lowest BCUT2D eigenvalue weighted by Gasteiger charge is -2.24. The van der Waals surface area contributed by atoms with Crippen LogP contribution in [0.2, 0.25) is 0 Å². The monoisotopic (exact) mass is 416 g/mol. The molecule has 1 heterocycles. The van der Waals surface area contributed by atoms with E-state index in [0.29, 0.717) is 10.9 Å². The van der Waals surface area contributed by atoms with Crippen LogP contribution in [0.5, 0.6) is 0 Å². The van der Waals surface area contributed by atoms with Gasteiger partial charge in [-0.3, -0.25) is 9.79 Å². The van der Waals surface area contributed by atoms with E-state index in [9.17, 15) is 14.0 Å². The van der Waals surface area contributed by atoms with Crippen molar-refractivity contribution < 1.29 is 23.5 Å². The Kier molecular flexibility index (Phi) is 4.33. The highest BCUT2D eigenvalue weighted by Crippen LogP contribution is 2.64. The topological polar surface area (TPSA) is 91.0 Å². The van der Waals surface area contributed by atoms with Crippen LogP contribution in [-0.4, -0.2) is 36.1 Å². The zero-order valence-electron chi connectivity index (χ0n) is 12.8. The fourth-order valence-corrected chi connectivity index (χ4v) is 4.74. The Morgan fingerprint density at radius 1 is 1.42 bits per heavy atom. The number of hydrogen-bond acceptors (Lipinski definition) is 7. The number of amidine groups is 1. The van der Waals surface area contributed by atoms with Gasteiger partial charge in [-0.25, -0.2) is 9.18 Å². The van der Waals surface area contributed by atoms with Gasteiger partial charge in [-0.1, -0.05) is 27.7 Å². The highest BCUT2D eigenvalue weighted by Gasteiger charge is 2.67. The summed E-state index contributed by atoms with van der Waals surface area (Å²) in [5.41, 5.74) is 5.85. The Bertz CT molecular complexity index is 772. The average molecular weight is 417 g/mol. The molecule has 0 unspecified atom stereocenters. The molecule has 1 saturated carbocycles. The fourth-order valence-electron chi connectivity index (χ4n) is 3.01. The quantitative estimate of drug-likeness (QED) is 0.760. The average Bonchev–Trinajstić information content (AvgIpc) is 3.29. The molecular weight excluding hydrogens is 403 g/mol. The maximum atomic E-state index is 14.8. The van der Waals surface area contributed by atoms with Crippen LogP contribution in [-0.2, 0) is 14.3 Å². The summed E-state index contributed by atoms with van der Waals surface area (Å²) in [6.45, 7) is 0. The first-order valence-electron chi connectivity index (χ1n) is 7.02. The van der Waals surface area contributed by atoms with Gasteiger partial charge in [0.25, 0.3) is 0 Å². The van der Waals surface area contributed by atoms with E-state index in [1.54, 1.807) is 6.07 Å². The second kappa shape index (κ2) is 6.03. The highest BCUT2D eigenvalue weighted by atomic mass is 79.9. The maximum Gasteiger partial charge on any atom is 0.340 e. The third-order valence-electron chi connectivity index (χ3n) is 4.22. The number of rotatable bonds is 3. The van der Waals surface area contributed by atoms with Crippen molar-refractivity contribution in [2.24, 2.45) is 16.6 Å². The zero-order chi connectivity index (χ0) is 17.6.